The Bertz CT molecular complexity index is 162. The monoisotopic (exact) mass is 187 g/mol. The zero-order chi connectivity index (χ0) is 10.3. The molecule has 0 fully saturated rings. The fraction of sp³-hybridized carbons (Fsp3) is 0.800. The molecule has 0 aliphatic carbocycles. The van der Waals surface area contributed by atoms with Crippen LogP contribution in [0.1, 0.15) is 27.2 Å². The molecule has 0 atom stereocenters. The van der Waals surface area contributed by atoms with Crippen LogP contribution in [0.5, 0.6) is 0 Å². The summed E-state index contributed by atoms with van der Waals surface area (Å²) in [7, 11) is 3.28. The predicted octanol–water partition coefficient (Wildman–Crippen LogP) is 1.90. The Morgan fingerprint density at radius 3 is 2.15 bits per heavy atom. The molecule has 3 nitrogen and oxygen atoms in total. The van der Waals surface area contributed by atoms with Crippen molar-refractivity contribution in [1.29, 1.82) is 0 Å². The number of nitrogens with one attached hydrogen (secondary N) is 1. The summed E-state index contributed by atoms with van der Waals surface area (Å²) in [5, 5.41) is 3.26. The molecule has 0 heterocycles. The molecular weight excluding hydrogens is 166 g/mol. The summed E-state index contributed by atoms with van der Waals surface area (Å²) in [6, 6.07) is 0. The lowest BCUT2D eigenvalue weighted by Crippen LogP contribution is -2.29. The van der Waals surface area contributed by atoms with E-state index in [1.165, 1.54) is 11.3 Å². The Labute approximate surface area is 81.1 Å². The second-order valence-corrected chi connectivity index (χ2v) is 3.04. The average molecular weight is 187 g/mol. The van der Waals surface area contributed by atoms with Crippen molar-refractivity contribution in [3.05, 3.63) is 11.3 Å². The second-order valence-electron chi connectivity index (χ2n) is 3.04. The average Bonchev–Trinajstić information content (AvgIpc) is 2.17. The number of rotatable bonds is 6. The molecule has 1 N–H and O–H groups in total. The van der Waals surface area contributed by atoms with Crippen LogP contribution in [0, 0.1) is 0 Å². The van der Waals surface area contributed by atoms with Gasteiger partial charge in [-0.1, -0.05) is 12.5 Å². The molecule has 0 aromatic carbocycles. The normalized spacial score (nSPS) is 13.1. The Morgan fingerprint density at radius 1 is 1.23 bits per heavy atom. The summed E-state index contributed by atoms with van der Waals surface area (Å²) >= 11 is 0. The first-order chi connectivity index (χ1) is 6.15. The van der Waals surface area contributed by atoms with E-state index >= 15 is 0 Å². The lowest BCUT2D eigenvalue weighted by molar-refractivity contribution is -0.0976. The molecule has 0 aromatic rings. The molecule has 0 unspecified atom stereocenters. The first-order valence-corrected chi connectivity index (χ1v) is 4.61. The zero-order valence-electron chi connectivity index (χ0n) is 9.31. The van der Waals surface area contributed by atoms with Crippen LogP contribution >= 0.6 is 0 Å². The van der Waals surface area contributed by atoms with Gasteiger partial charge in [-0.25, -0.2) is 0 Å². The predicted molar refractivity (Wildman–Crippen MR) is 54.5 cm³/mol. The highest BCUT2D eigenvalue weighted by atomic mass is 16.7. The topological polar surface area (TPSA) is 30.5 Å². The Balaban J connectivity index is 3.87. The molecule has 0 aliphatic rings. The number of methoxy groups -OCH3 is 2. The molecule has 0 aliphatic heterocycles. The molecule has 0 bridgehead atoms. The Morgan fingerprint density at radius 2 is 1.77 bits per heavy atom. The van der Waals surface area contributed by atoms with Gasteiger partial charge in [-0.05, 0) is 20.3 Å². The van der Waals surface area contributed by atoms with Crippen molar-refractivity contribution in [2.45, 2.75) is 33.5 Å². The highest BCUT2D eigenvalue weighted by Crippen LogP contribution is 2.04. The maximum atomic E-state index is 5.06. The van der Waals surface area contributed by atoms with Crippen molar-refractivity contribution < 1.29 is 9.47 Å². The summed E-state index contributed by atoms with van der Waals surface area (Å²) < 4.78 is 10.1. The van der Waals surface area contributed by atoms with Crippen LogP contribution in [-0.4, -0.2) is 27.1 Å². The standard InChI is InChI=1S/C10H21NO2/c1-6-8(2)9(3)11-7-10(12-4)13-5/h10-11H,6-7H2,1-5H3. The van der Waals surface area contributed by atoms with Gasteiger partial charge in [0, 0.05) is 19.9 Å². The van der Waals surface area contributed by atoms with Crippen LogP contribution in [0.15, 0.2) is 11.3 Å². The van der Waals surface area contributed by atoms with Gasteiger partial charge in [-0.15, -0.1) is 0 Å². The summed E-state index contributed by atoms with van der Waals surface area (Å²) in [6.07, 6.45) is 0.906. The Hall–Kier alpha value is -0.540. The number of ether oxygens (including phenoxy) is 2. The first-order valence-electron chi connectivity index (χ1n) is 4.61. The number of allylic oxidation sites excluding steroid dienone is 2. The summed E-state index contributed by atoms with van der Waals surface area (Å²) in [5.41, 5.74) is 2.58. The molecule has 0 aromatic heterocycles. The molecular formula is C10H21NO2. The van der Waals surface area contributed by atoms with Gasteiger partial charge in [0.2, 0.25) is 0 Å². The van der Waals surface area contributed by atoms with Gasteiger partial charge in [0.05, 0.1) is 6.54 Å². The maximum Gasteiger partial charge on any atom is 0.173 e. The van der Waals surface area contributed by atoms with Crippen LogP contribution in [0.25, 0.3) is 0 Å². The van der Waals surface area contributed by atoms with E-state index in [-0.39, 0.29) is 6.29 Å². The van der Waals surface area contributed by atoms with E-state index in [2.05, 4.69) is 26.1 Å². The van der Waals surface area contributed by atoms with Crippen LogP contribution in [0.2, 0.25) is 0 Å². The Kier molecular flexibility index (Phi) is 6.63. The minimum Gasteiger partial charge on any atom is -0.384 e. The molecule has 78 valence electrons. The molecule has 0 rings (SSSR count). The van der Waals surface area contributed by atoms with E-state index in [1.54, 1.807) is 14.2 Å². The molecule has 0 amide bonds. The van der Waals surface area contributed by atoms with Crippen LogP contribution in [0.4, 0.5) is 0 Å². The van der Waals surface area contributed by atoms with Crippen molar-refractivity contribution in [2.24, 2.45) is 0 Å². The summed E-state index contributed by atoms with van der Waals surface area (Å²) in [4.78, 5) is 0. The van der Waals surface area contributed by atoms with Crippen molar-refractivity contribution in [3.8, 4) is 0 Å². The van der Waals surface area contributed by atoms with Gasteiger partial charge in [0.25, 0.3) is 0 Å². The molecule has 13 heavy (non-hydrogen) atoms. The fourth-order valence-electron chi connectivity index (χ4n) is 0.915. The van der Waals surface area contributed by atoms with Gasteiger partial charge in [-0.2, -0.15) is 0 Å². The van der Waals surface area contributed by atoms with Crippen molar-refractivity contribution in [1.82, 2.24) is 5.32 Å². The first kappa shape index (κ1) is 12.5. The zero-order valence-corrected chi connectivity index (χ0v) is 9.31. The van der Waals surface area contributed by atoms with Crippen LogP contribution in [-0.2, 0) is 9.47 Å². The second kappa shape index (κ2) is 6.92. The third kappa shape index (κ3) is 4.90. The van der Waals surface area contributed by atoms with Gasteiger partial charge in [0.1, 0.15) is 0 Å². The highest BCUT2D eigenvalue weighted by molar-refractivity contribution is 5.06. The largest absolute Gasteiger partial charge is 0.384 e. The van der Waals surface area contributed by atoms with E-state index in [9.17, 15) is 0 Å². The summed E-state index contributed by atoms with van der Waals surface area (Å²) in [5.74, 6) is 0. The molecule has 0 saturated carbocycles. The lowest BCUT2D eigenvalue weighted by Gasteiger charge is -2.16. The van der Waals surface area contributed by atoms with E-state index in [0.29, 0.717) is 6.54 Å². The van der Waals surface area contributed by atoms with Gasteiger partial charge >= 0.3 is 0 Å². The molecule has 0 saturated heterocycles. The van der Waals surface area contributed by atoms with Crippen molar-refractivity contribution >= 4 is 0 Å². The quantitative estimate of drug-likeness (QED) is 0.644. The molecule has 3 heteroatoms. The minimum atomic E-state index is -0.167. The SMILES string of the molecule is CCC(C)=C(C)NCC(OC)OC. The van der Waals surface area contributed by atoms with E-state index in [1.807, 2.05) is 0 Å². The van der Waals surface area contributed by atoms with E-state index in [0.717, 1.165) is 6.42 Å². The molecule has 0 radical (unpaired) electrons. The van der Waals surface area contributed by atoms with Crippen molar-refractivity contribution in [2.75, 3.05) is 20.8 Å². The van der Waals surface area contributed by atoms with Crippen molar-refractivity contribution in [3.63, 3.8) is 0 Å². The van der Waals surface area contributed by atoms with Gasteiger partial charge in [-0.3, -0.25) is 0 Å². The third-order valence-electron chi connectivity index (χ3n) is 2.23. The van der Waals surface area contributed by atoms with Crippen LogP contribution in [0.3, 0.4) is 0 Å². The van der Waals surface area contributed by atoms with Gasteiger partial charge in [0.15, 0.2) is 6.29 Å². The summed E-state index contributed by atoms with van der Waals surface area (Å²) in [6.45, 7) is 7.03. The number of hydrogen-bond acceptors (Lipinski definition) is 3. The van der Waals surface area contributed by atoms with Crippen LogP contribution < -0.4 is 5.32 Å². The fourth-order valence-corrected chi connectivity index (χ4v) is 0.915. The third-order valence-corrected chi connectivity index (χ3v) is 2.23. The highest BCUT2D eigenvalue weighted by Gasteiger charge is 2.04. The molecule has 0 spiro atoms. The smallest absolute Gasteiger partial charge is 0.173 e. The maximum absolute atomic E-state index is 5.06. The van der Waals surface area contributed by atoms with Gasteiger partial charge < -0.3 is 14.8 Å². The van der Waals surface area contributed by atoms with E-state index < -0.39 is 0 Å². The minimum absolute atomic E-state index is 0.167. The van der Waals surface area contributed by atoms with E-state index in [4.69, 9.17) is 9.47 Å². The lowest BCUT2D eigenvalue weighted by atomic mass is 10.2. The number of hydrogen-bond donors (Lipinski definition) is 1.